The van der Waals surface area contributed by atoms with Crippen molar-refractivity contribution >= 4 is 11.1 Å². The van der Waals surface area contributed by atoms with Crippen molar-refractivity contribution in [2.45, 2.75) is 19.4 Å². The molecule has 0 bridgehead atoms. The minimum absolute atomic E-state index is 0.112. The maximum Gasteiger partial charge on any atom is 0.153 e. The lowest BCUT2D eigenvalue weighted by Gasteiger charge is -2.13. The minimum Gasteiger partial charge on any atom is -0.468 e. The first-order chi connectivity index (χ1) is 6.59. The fourth-order valence-electron chi connectivity index (χ4n) is 1.36. The van der Waals surface area contributed by atoms with Crippen LogP contribution in [-0.2, 0) is 11.1 Å². The molecule has 3 unspecified atom stereocenters. The second kappa shape index (κ2) is 5.29. The Morgan fingerprint density at radius 2 is 2.43 bits per heavy atom. The quantitative estimate of drug-likeness (QED) is 0.733. The van der Waals surface area contributed by atoms with Crippen LogP contribution in [-0.4, -0.2) is 14.5 Å². The van der Waals surface area contributed by atoms with E-state index in [4.69, 9.17) is 14.7 Å². The summed E-state index contributed by atoms with van der Waals surface area (Å²) in [6.07, 6.45) is 2.23. The Labute approximate surface area is 85.8 Å². The van der Waals surface area contributed by atoms with Crippen LogP contribution in [0.2, 0.25) is 0 Å². The van der Waals surface area contributed by atoms with Crippen LogP contribution in [0.25, 0.3) is 0 Å². The Balaban J connectivity index is 2.41. The van der Waals surface area contributed by atoms with E-state index in [9.17, 15) is 4.21 Å². The van der Waals surface area contributed by atoms with Crippen LogP contribution >= 0.6 is 0 Å². The number of nitrogens with two attached hydrogens (primary N) is 1. The molecule has 0 radical (unpaired) electrons. The zero-order valence-electron chi connectivity index (χ0n) is 8.05. The molecule has 1 aromatic rings. The van der Waals surface area contributed by atoms with Gasteiger partial charge in [-0.15, -0.1) is 0 Å². The maximum absolute atomic E-state index is 10.5. The number of hydrogen-bond acceptors (Lipinski definition) is 3. The summed E-state index contributed by atoms with van der Waals surface area (Å²) in [4.78, 5) is 0. The van der Waals surface area contributed by atoms with Gasteiger partial charge in [-0.25, -0.2) is 4.21 Å². The molecule has 0 aliphatic heterocycles. The fourth-order valence-corrected chi connectivity index (χ4v) is 1.99. The summed E-state index contributed by atoms with van der Waals surface area (Å²) in [5, 5.41) is 0. The molecule has 0 saturated carbocycles. The average Bonchev–Trinajstić information content (AvgIpc) is 2.53. The fraction of sp³-hybridized carbons (Fsp3) is 0.556. The van der Waals surface area contributed by atoms with Gasteiger partial charge in [0.1, 0.15) is 5.76 Å². The summed E-state index contributed by atoms with van der Waals surface area (Å²) in [5.74, 6) is 1.09. The first-order valence-corrected chi connectivity index (χ1v) is 5.73. The second-order valence-corrected chi connectivity index (χ2v) is 4.43. The highest BCUT2D eigenvalue weighted by molar-refractivity contribution is 7.79. The van der Waals surface area contributed by atoms with E-state index >= 15 is 0 Å². The summed E-state index contributed by atoms with van der Waals surface area (Å²) in [5.41, 5.74) is 5.84. The third-order valence-corrected chi connectivity index (χ3v) is 2.85. The standard InChI is InChI=1S/C9H15NO3S/c1-7(6-14(11)12)5-8(10)9-3-2-4-13-9/h2-4,7-8H,5-6,10H2,1H3,(H,11,12). The average molecular weight is 217 g/mol. The van der Waals surface area contributed by atoms with Gasteiger partial charge in [-0.1, -0.05) is 6.92 Å². The highest BCUT2D eigenvalue weighted by Crippen LogP contribution is 2.19. The van der Waals surface area contributed by atoms with Crippen LogP contribution in [0.3, 0.4) is 0 Å². The van der Waals surface area contributed by atoms with Gasteiger partial charge >= 0.3 is 0 Å². The molecule has 0 aliphatic rings. The Hall–Kier alpha value is -0.650. The van der Waals surface area contributed by atoms with E-state index < -0.39 is 11.1 Å². The normalized spacial score (nSPS) is 17.6. The van der Waals surface area contributed by atoms with Gasteiger partial charge in [0, 0.05) is 0 Å². The smallest absolute Gasteiger partial charge is 0.153 e. The molecule has 1 rings (SSSR count). The van der Waals surface area contributed by atoms with Crippen LogP contribution in [0.15, 0.2) is 22.8 Å². The Morgan fingerprint density at radius 1 is 1.71 bits per heavy atom. The van der Waals surface area contributed by atoms with Gasteiger partial charge in [-0.2, -0.15) is 0 Å². The van der Waals surface area contributed by atoms with Crippen molar-refractivity contribution in [3.8, 4) is 0 Å². The first-order valence-electron chi connectivity index (χ1n) is 4.46. The second-order valence-electron chi connectivity index (χ2n) is 3.45. The zero-order chi connectivity index (χ0) is 10.6. The van der Waals surface area contributed by atoms with Gasteiger partial charge in [-0.05, 0) is 24.5 Å². The van der Waals surface area contributed by atoms with Crippen LogP contribution in [0.1, 0.15) is 25.1 Å². The molecule has 0 aromatic carbocycles. The van der Waals surface area contributed by atoms with Gasteiger partial charge in [-0.3, -0.25) is 0 Å². The molecule has 1 aromatic heterocycles. The highest BCUT2D eigenvalue weighted by Gasteiger charge is 2.14. The molecule has 0 saturated heterocycles. The molecule has 0 fully saturated rings. The third kappa shape index (κ3) is 3.61. The lowest BCUT2D eigenvalue weighted by molar-refractivity contribution is 0.414. The molecule has 0 amide bonds. The lowest BCUT2D eigenvalue weighted by Crippen LogP contribution is -2.17. The Kier molecular flexibility index (Phi) is 4.31. The lowest BCUT2D eigenvalue weighted by atomic mass is 10.0. The summed E-state index contributed by atoms with van der Waals surface area (Å²) in [6.45, 7) is 1.90. The molecule has 14 heavy (non-hydrogen) atoms. The summed E-state index contributed by atoms with van der Waals surface area (Å²) < 4.78 is 24.3. The van der Waals surface area contributed by atoms with Crippen molar-refractivity contribution in [1.82, 2.24) is 0 Å². The molecule has 3 N–H and O–H groups in total. The highest BCUT2D eigenvalue weighted by atomic mass is 32.2. The SMILES string of the molecule is CC(CC(N)c1ccco1)CS(=O)O. The molecule has 3 atom stereocenters. The summed E-state index contributed by atoms with van der Waals surface area (Å²) >= 11 is -1.75. The largest absolute Gasteiger partial charge is 0.468 e. The molecular formula is C9H15NO3S. The van der Waals surface area contributed by atoms with Crippen molar-refractivity contribution in [2.75, 3.05) is 5.75 Å². The molecule has 0 aliphatic carbocycles. The van der Waals surface area contributed by atoms with E-state index in [1.807, 2.05) is 13.0 Å². The topological polar surface area (TPSA) is 76.5 Å². The van der Waals surface area contributed by atoms with Crippen LogP contribution in [0, 0.1) is 5.92 Å². The predicted octanol–water partition coefficient (Wildman–Crippen LogP) is 1.53. The van der Waals surface area contributed by atoms with Gasteiger partial charge in [0.2, 0.25) is 0 Å². The predicted molar refractivity (Wildman–Crippen MR) is 55.1 cm³/mol. The van der Waals surface area contributed by atoms with Gasteiger partial charge in [0.05, 0.1) is 18.1 Å². The molecular weight excluding hydrogens is 202 g/mol. The van der Waals surface area contributed by atoms with Crippen molar-refractivity contribution in [2.24, 2.45) is 11.7 Å². The van der Waals surface area contributed by atoms with Gasteiger partial charge in [0.15, 0.2) is 11.1 Å². The van der Waals surface area contributed by atoms with Crippen molar-refractivity contribution in [3.05, 3.63) is 24.2 Å². The van der Waals surface area contributed by atoms with Crippen LogP contribution in [0.5, 0.6) is 0 Å². The van der Waals surface area contributed by atoms with Crippen molar-refractivity contribution in [3.63, 3.8) is 0 Å². The van der Waals surface area contributed by atoms with Crippen LogP contribution in [0.4, 0.5) is 0 Å². The van der Waals surface area contributed by atoms with E-state index in [1.54, 1.807) is 12.3 Å². The number of furan rings is 1. The number of rotatable bonds is 5. The van der Waals surface area contributed by atoms with Crippen molar-refractivity contribution < 1.29 is 13.2 Å². The Morgan fingerprint density at radius 3 is 2.93 bits per heavy atom. The van der Waals surface area contributed by atoms with E-state index in [1.165, 1.54) is 0 Å². The molecule has 80 valence electrons. The van der Waals surface area contributed by atoms with Gasteiger partial charge in [0.25, 0.3) is 0 Å². The number of hydrogen-bond donors (Lipinski definition) is 2. The monoisotopic (exact) mass is 217 g/mol. The molecule has 4 nitrogen and oxygen atoms in total. The third-order valence-electron chi connectivity index (χ3n) is 1.99. The maximum atomic E-state index is 10.5. The first kappa shape index (κ1) is 11.4. The zero-order valence-corrected chi connectivity index (χ0v) is 8.87. The molecule has 1 heterocycles. The van der Waals surface area contributed by atoms with E-state index in [2.05, 4.69) is 0 Å². The van der Waals surface area contributed by atoms with Crippen molar-refractivity contribution in [1.29, 1.82) is 0 Å². The van der Waals surface area contributed by atoms with E-state index in [-0.39, 0.29) is 17.7 Å². The summed E-state index contributed by atoms with van der Waals surface area (Å²) in [6, 6.07) is 3.40. The van der Waals surface area contributed by atoms with Crippen LogP contribution < -0.4 is 5.73 Å². The van der Waals surface area contributed by atoms with E-state index in [0.29, 0.717) is 6.42 Å². The summed E-state index contributed by atoms with van der Waals surface area (Å²) in [7, 11) is 0. The van der Waals surface area contributed by atoms with E-state index in [0.717, 1.165) is 5.76 Å². The molecule has 5 heteroatoms. The Bertz CT molecular complexity index is 286. The van der Waals surface area contributed by atoms with Gasteiger partial charge < -0.3 is 14.7 Å². The minimum atomic E-state index is -1.75. The molecule has 0 spiro atoms.